The van der Waals surface area contributed by atoms with Gasteiger partial charge in [0.2, 0.25) is 0 Å². The second-order valence-electron chi connectivity index (χ2n) is 4.27. The Hall–Kier alpha value is -2.05. The average Bonchev–Trinajstić information content (AvgIpc) is 3.09. The minimum Gasteiger partial charge on any atom is -0.390 e. The Bertz CT molecular complexity index is 709. The van der Waals surface area contributed by atoms with Gasteiger partial charge < -0.3 is 5.11 Å². The van der Waals surface area contributed by atoms with E-state index in [0.717, 1.165) is 10.6 Å². The van der Waals surface area contributed by atoms with Gasteiger partial charge in [0.1, 0.15) is 17.2 Å². The Balaban J connectivity index is 2.03. The monoisotopic (exact) mass is 289 g/mol. The van der Waals surface area contributed by atoms with Crippen molar-refractivity contribution >= 4 is 11.3 Å². The number of hydrogen-bond donors (Lipinski definition) is 1. The van der Waals surface area contributed by atoms with E-state index >= 15 is 0 Å². The number of nitrogens with zero attached hydrogens (tertiary/aromatic N) is 3. The predicted octanol–water partition coefficient (Wildman–Crippen LogP) is 2.69. The van der Waals surface area contributed by atoms with Gasteiger partial charge in [0.15, 0.2) is 0 Å². The summed E-state index contributed by atoms with van der Waals surface area (Å²) in [6.45, 7) is 0.0947. The second-order valence-corrected chi connectivity index (χ2v) is 5.22. The first-order valence-corrected chi connectivity index (χ1v) is 6.98. The first kappa shape index (κ1) is 13.0. The molecule has 2 heterocycles. The fraction of sp³-hybridized carbons (Fsp3) is 0.143. The Morgan fingerprint density at radius 2 is 2.05 bits per heavy atom. The molecule has 3 rings (SSSR count). The third kappa shape index (κ3) is 2.35. The molecule has 0 atom stereocenters. The number of aromatic nitrogens is 3. The first-order valence-electron chi connectivity index (χ1n) is 6.10. The smallest absolute Gasteiger partial charge is 0.128 e. The maximum Gasteiger partial charge on any atom is 0.128 e. The number of benzene rings is 1. The number of thiophene rings is 1. The average molecular weight is 289 g/mol. The maximum absolute atomic E-state index is 13.7. The van der Waals surface area contributed by atoms with Gasteiger partial charge in [0.05, 0.1) is 18.0 Å². The van der Waals surface area contributed by atoms with Crippen molar-refractivity contribution in [2.24, 2.45) is 0 Å². The summed E-state index contributed by atoms with van der Waals surface area (Å²) in [5.74, 6) is -0.273. The lowest BCUT2D eigenvalue weighted by Crippen LogP contribution is -2.05. The van der Waals surface area contributed by atoms with E-state index in [1.165, 1.54) is 17.4 Å². The summed E-state index contributed by atoms with van der Waals surface area (Å²) >= 11 is 1.53. The number of aliphatic hydroxyl groups excluding tert-OH is 1. The minimum absolute atomic E-state index is 0.190. The SMILES string of the molecule is OCc1nnn(Cc2ccccc2F)c1-c1cccs1. The van der Waals surface area contributed by atoms with Crippen LogP contribution in [0.4, 0.5) is 4.39 Å². The fourth-order valence-corrected chi connectivity index (χ4v) is 2.83. The van der Waals surface area contributed by atoms with Gasteiger partial charge in [0, 0.05) is 5.56 Å². The van der Waals surface area contributed by atoms with E-state index in [2.05, 4.69) is 10.3 Å². The molecule has 0 spiro atoms. The Morgan fingerprint density at radius 1 is 1.20 bits per heavy atom. The fourth-order valence-electron chi connectivity index (χ4n) is 2.04. The molecule has 0 amide bonds. The largest absolute Gasteiger partial charge is 0.390 e. The van der Waals surface area contributed by atoms with Crippen molar-refractivity contribution in [1.29, 1.82) is 0 Å². The van der Waals surface area contributed by atoms with Gasteiger partial charge in [-0.1, -0.05) is 29.5 Å². The van der Waals surface area contributed by atoms with E-state index in [-0.39, 0.29) is 19.0 Å². The summed E-state index contributed by atoms with van der Waals surface area (Å²) in [7, 11) is 0. The molecule has 0 unspecified atom stereocenters. The molecule has 1 aromatic carbocycles. The highest BCUT2D eigenvalue weighted by molar-refractivity contribution is 7.13. The maximum atomic E-state index is 13.7. The van der Waals surface area contributed by atoms with Crippen LogP contribution in [0.1, 0.15) is 11.3 Å². The first-order chi connectivity index (χ1) is 9.79. The van der Waals surface area contributed by atoms with Gasteiger partial charge in [-0.05, 0) is 17.5 Å². The molecule has 4 nitrogen and oxygen atoms in total. The summed E-state index contributed by atoms with van der Waals surface area (Å²) in [6.07, 6.45) is 0. The molecule has 0 saturated carbocycles. The van der Waals surface area contributed by atoms with E-state index < -0.39 is 0 Å². The molecule has 1 N–H and O–H groups in total. The van der Waals surface area contributed by atoms with Crippen LogP contribution in [0.15, 0.2) is 41.8 Å². The summed E-state index contributed by atoms with van der Waals surface area (Å²) in [5.41, 5.74) is 1.79. The van der Waals surface area contributed by atoms with Crippen molar-refractivity contribution in [3.8, 4) is 10.6 Å². The van der Waals surface area contributed by atoms with Crippen LogP contribution in [-0.2, 0) is 13.2 Å². The van der Waals surface area contributed by atoms with Crippen molar-refractivity contribution in [2.75, 3.05) is 0 Å². The highest BCUT2D eigenvalue weighted by Crippen LogP contribution is 2.27. The second kappa shape index (κ2) is 5.52. The van der Waals surface area contributed by atoms with E-state index in [4.69, 9.17) is 0 Å². The van der Waals surface area contributed by atoms with Gasteiger partial charge in [-0.3, -0.25) is 0 Å². The molecule has 0 aliphatic rings. The molecule has 0 bridgehead atoms. The molecule has 0 aliphatic carbocycles. The Labute approximate surface area is 119 Å². The molecule has 3 aromatic rings. The zero-order valence-corrected chi connectivity index (χ0v) is 11.3. The topological polar surface area (TPSA) is 50.9 Å². The molecule has 6 heteroatoms. The minimum atomic E-state index is -0.273. The van der Waals surface area contributed by atoms with Gasteiger partial charge >= 0.3 is 0 Å². The zero-order chi connectivity index (χ0) is 13.9. The van der Waals surface area contributed by atoms with Crippen molar-refractivity contribution < 1.29 is 9.50 Å². The van der Waals surface area contributed by atoms with Crippen LogP contribution in [0.2, 0.25) is 0 Å². The van der Waals surface area contributed by atoms with Crippen LogP contribution < -0.4 is 0 Å². The highest BCUT2D eigenvalue weighted by atomic mass is 32.1. The summed E-state index contributed by atoms with van der Waals surface area (Å²) in [4.78, 5) is 0.954. The van der Waals surface area contributed by atoms with Gasteiger partial charge in [0.25, 0.3) is 0 Å². The Morgan fingerprint density at radius 3 is 2.75 bits per heavy atom. The van der Waals surface area contributed by atoms with Gasteiger partial charge in [-0.25, -0.2) is 9.07 Å². The number of hydrogen-bond acceptors (Lipinski definition) is 4. The van der Waals surface area contributed by atoms with Gasteiger partial charge in [-0.15, -0.1) is 16.4 Å². The molecule has 20 heavy (non-hydrogen) atoms. The van der Waals surface area contributed by atoms with Crippen LogP contribution in [0.3, 0.4) is 0 Å². The van der Waals surface area contributed by atoms with E-state index in [1.54, 1.807) is 22.9 Å². The lowest BCUT2D eigenvalue weighted by molar-refractivity contribution is 0.277. The number of rotatable bonds is 4. The molecule has 0 fully saturated rings. The number of aliphatic hydroxyl groups is 1. The predicted molar refractivity (Wildman–Crippen MR) is 74.8 cm³/mol. The molecule has 0 saturated heterocycles. The summed E-state index contributed by atoms with van der Waals surface area (Å²) in [6, 6.07) is 10.4. The van der Waals surface area contributed by atoms with Crippen molar-refractivity contribution in [3.05, 3.63) is 58.9 Å². The standard InChI is InChI=1S/C14H12FN3OS/c15-11-5-2-1-4-10(11)8-18-14(12(9-19)16-17-18)13-6-3-7-20-13/h1-7,19H,8-9H2. The number of halogens is 1. The van der Waals surface area contributed by atoms with Crippen LogP contribution >= 0.6 is 11.3 Å². The van der Waals surface area contributed by atoms with Gasteiger partial charge in [-0.2, -0.15) is 0 Å². The van der Waals surface area contributed by atoms with Crippen molar-refractivity contribution in [2.45, 2.75) is 13.2 Å². The third-order valence-corrected chi connectivity index (χ3v) is 3.86. The normalized spacial score (nSPS) is 10.9. The molecular weight excluding hydrogens is 277 g/mol. The van der Waals surface area contributed by atoms with E-state index in [1.807, 2.05) is 17.5 Å². The van der Waals surface area contributed by atoms with E-state index in [0.29, 0.717) is 11.3 Å². The van der Waals surface area contributed by atoms with Crippen LogP contribution in [0.5, 0.6) is 0 Å². The van der Waals surface area contributed by atoms with Crippen LogP contribution in [-0.4, -0.2) is 20.1 Å². The summed E-state index contributed by atoms with van der Waals surface area (Å²) < 4.78 is 15.4. The highest BCUT2D eigenvalue weighted by Gasteiger charge is 2.16. The Kier molecular flexibility index (Phi) is 3.58. The molecule has 0 radical (unpaired) electrons. The van der Waals surface area contributed by atoms with E-state index in [9.17, 15) is 9.50 Å². The van der Waals surface area contributed by atoms with Crippen LogP contribution in [0, 0.1) is 5.82 Å². The quantitative estimate of drug-likeness (QED) is 0.803. The third-order valence-electron chi connectivity index (χ3n) is 2.99. The molecule has 0 aliphatic heterocycles. The van der Waals surface area contributed by atoms with Crippen LogP contribution in [0.25, 0.3) is 10.6 Å². The van der Waals surface area contributed by atoms with Crippen molar-refractivity contribution in [1.82, 2.24) is 15.0 Å². The molecule has 2 aromatic heterocycles. The molecule has 102 valence electrons. The summed E-state index contributed by atoms with van der Waals surface area (Å²) in [5, 5.41) is 19.3. The zero-order valence-electron chi connectivity index (χ0n) is 10.5. The van der Waals surface area contributed by atoms with Crippen molar-refractivity contribution in [3.63, 3.8) is 0 Å². The lowest BCUT2D eigenvalue weighted by Gasteiger charge is -2.07. The lowest BCUT2D eigenvalue weighted by atomic mass is 10.2. The molecular formula is C14H12FN3OS.